The predicted molar refractivity (Wildman–Crippen MR) is 68.9 cm³/mol. The summed E-state index contributed by atoms with van der Waals surface area (Å²) >= 11 is 0. The molecule has 18 heavy (non-hydrogen) atoms. The minimum Gasteiger partial charge on any atom is -0.443 e. The van der Waals surface area contributed by atoms with Crippen LogP contribution in [0.2, 0.25) is 0 Å². The molecule has 0 unspecified atom stereocenters. The number of carbonyl (C=O) groups excluding carboxylic acids is 2. The molecular weight excluding hydrogens is 234 g/mol. The molecule has 1 aliphatic heterocycles. The summed E-state index contributed by atoms with van der Waals surface area (Å²) < 4.78 is 5.26. The number of hydrogen-bond donors (Lipinski definition) is 1. The molecule has 0 aromatic rings. The van der Waals surface area contributed by atoms with E-state index in [2.05, 4.69) is 20.8 Å². The van der Waals surface area contributed by atoms with Gasteiger partial charge in [-0.15, -0.1) is 0 Å². The first kappa shape index (κ1) is 17.1. The van der Waals surface area contributed by atoms with Crippen LogP contribution < -0.4 is 0 Å². The molecule has 1 heterocycles. The molecule has 0 spiro atoms. The van der Waals surface area contributed by atoms with Crippen LogP contribution in [-0.2, 0) is 14.3 Å². The Morgan fingerprint density at radius 3 is 2.28 bits per heavy atom. The van der Waals surface area contributed by atoms with E-state index in [9.17, 15) is 9.90 Å². The highest BCUT2D eigenvalue weighted by molar-refractivity contribution is 5.78. The van der Waals surface area contributed by atoms with Crippen molar-refractivity contribution in [3.63, 3.8) is 0 Å². The monoisotopic (exact) mass is 259 g/mol. The number of esters is 1. The highest BCUT2D eigenvalue weighted by Crippen LogP contribution is 2.30. The Morgan fingerprint density at radius 2 is 1.89 bits per heavy atom. The van der Waals surface area contributed by atoms with Gasteiger partial charge >= 0.3 is 5.97 Å². The molecule has 5 nitrogen and oxygen atoms in total. The highest BCUT2D eigenvalue weighted by atomic mass is 16.6. The Labute approximate surface area is 109 Å². The molecule has 1 N–H and O–H groups in total. The van der Waals surface area contributed by atoms with Gasteiger partial charge in [0, 0.05) is 6.54 Å². The lowest BCUT2D eigenvalue weighted by Gasteiger charge is -2.33. The van der Waals surface area contributed by atoms with Gasteiger partial charge in [-0.05, 0) is 25.7 Å². The second-order valence-electron chi connectivity index (χ2n) is 6.07. The number of aliphatic hydroxyl groups excluding tert-OH is 1. The van der Waals surface area contributed by atoms with Gasteiger partial charge in [0.2, 0.25) is 0 Å². The number of ether oxygens (including phenoxy) is 1. The quantitative estimate of drug-likeness (QED) is 0.771. The molecule has 106 valence electrons. The van der Waals surface area contributed by atoms with Crippen LogP contribution in [0.1, 0.15) is 41.0 Å². The van der Waals surface area contributed by atoms with Crippen molar-refractivity contribution in [2.24, 2.45) is 5.41 Å². The maximum atomic E-state index is 11.5. The van der Waals surface area contributed by atoms with Crippen LogP contribution in [-0.4, -0.2) is 47.7 Å². The van der Waals surface area contributed by atoms with E-state index in [-0.39, 0.29) is 18.0 Å². The minimum absolute atomic E-state index is 0.174. The standard InChI is InChI=1S/C12H23NO3.CH2O/c1-11(2,3)6-7-13-9(8-14)10(15)16-12(13,4)5;1-2/h9,14H,6-8H2,1-5H3;1H2/t9-;/m0./s1. The maximum absolute atomic E-state index is 11.5. The Morgan fingerprint density at radius 1 is 1.39 bits per heavy atom. The van der Waals surface area contributed by atoms with Crippen molar-refractivity contribution in [1.29, 1.82) is 0 Å². The van der Waals surface area contributed by atoms with Crippen molar-refractivity contribution in [2.45, 2.75) is 52.8 Å². The first-order valence-electron chi connectivity index (χ1n) is 6.07. The van der Waals surface area contributed by atoms with E-state index in [1.165, 1.54) is 0 Å². The number of carbonyl (C=O) groups is 2. The van der Waals surface area contributed by atoms with Crippen LogP contribution in [0.3, 0.4) is 0 Å². The van der Waals surface area contributed by atoms with Crippen molar-refractivity contribution >= 4 is 12.8 Å². The van der Waals surface area contributed by atoms with Crippen LogP contribution >= 0.6 is 0 Å². The minimum atomic E-state index is -0.601. The van der Waals surface area contributed by atoms with Gasteiger partial charge in [-0.25, -0.2) is 0 Å². The fourth-order valence-electron chi connectivity index (χ4n) is 1.93. The Bertz CT molecular complexity index is 283. The van der Waals surface area contributed by atoms with Crippen LogP contribution in [0.5, 0.6) is 0 Å². The van der Waals surface area contributed by atoms with Gasteiger partial charge in [-0.2, -0.15) is 0 Å². The van der Waals surface area contributed by atoms with Gasteiger partial charge in [0.15, 0.2) is 5.72 Å². The van der Waals surface area contributed by atoms with Gasteiger partial charge in [-0.1, -0.05) is 20.8 Å². The molecule has 0 aliphatic carbocycles. The second-order valence-corrected chi connectivity index (χ2v) is 6.07. The number of cyclic esters (lactones) is 1. The van der Waals surface area contributed by atoms with Crippen molar-refractivity contribution in [3.8, 4) is 0 Å². The molecule has 0 saturated carbocycles. The van der Waals surface area contributed by atoms with E-state index < -0.39 is 11.8 Å². The summed E-state index contributed by atoms with van der Waals surface area (Å²) in [6, 6.07) is -0.502. The summed E-state index contributed by atoms with van der Waals surface area (Å²) in [5, 5.41) is 9.23. The largest absolute Gasteiger partial charge is 0.443 e. The summed E-state index contributed by atoms with van der Waals surface area (Å²) in [6.45, 7) is 12.8. The number of aliphatic hydroxyl groups is 1. The Kier molecular flexibility index (Phi) is 5.96. The predicted octanol–water partition coefficient (Wildman–Crippen LogP) is 1.19. The van der Waals surface area contributed by atoms with Crippen LogP contribution in [0, 0.1) is 5.41 Å². The lowest BCUT2D eigenvalue weighted by molar-refractivity contribution is -0.149. The molecular formula is C13H25NO4. The summed E-state index contributed by atoms with van der Waals surface area (Å²) in [5.74, 6) is -0.318. The lowest BCUT2D eigenvalue weighted by Crippen LogP contribution is -2.46. The van der Waals surface area contributed by atoms with E-state index in [1.54, 1.807) is 0 Å². The summed E-state index contributed by atoms with van der Waals surface area (Å²) in [5.41, 5.74) is -0.391. The van der Waals surface area contributed by atoms with Gasteiger partial charge < -0.3 is 14.6 Å². The molecule has 0 aromatic heterocycles. The van der Waals surface area contributed by atoms with Crippen molar-refractivity contribution < 1.29 is 19.4 Å². The van der Waals surface area contributed by atoms with E-state index in [1.807, 2.05) is 25.5 Å². The van der Waals surface area contributed by atoms with E-state index in [0.29, 0.717) is 0 Å². The molecule has 1 rings (SSSR count). The molecule has 1 atom stereocenters. The van der Waals surface area contributed by atoms with Gasteiger partial charge in [0.1, 0.15) is 12.8 Å². The van der Waals surface area contributed by atoms with Crippen molar-refractivity contribution in [2.75, 3.05) is 13.2 Å². The molecule has 1 fully saturated rings. The van der Waals surface area contributed by atoms with Gasteiger partial charge in [-0.3, -0.25) is 9.69 Å². The van der Waals surface area contributed by atoms with Crippen LogP contribution in [0.25, 0.3) is 0 Å². The first-order chi connectivity index (χ1) is 8.17. The summed E-state index contributed by atoms with van der Waals surface area (Å²) in [6.07, 6.45) is 0.962. The fourth-order valence-corrected chi connectivity index (χ4v) is 1.93. The number of nitrogens with zero attached hydrogens (tertiary/aromatic N) is 1. The first-order valence-corrected chi connectivity index (χ1v) is 6.07. The van der Waals surface area contributed by atoms with Crippen molar-refractivity contribution in [1.82, 2.24) is 4.90 Å². The zero-order chi connectivity index (χ0) is 14.6. The number of hydrogen-bond acceptors (Lipinski definition) is 5. The maximum Gasteiger partial charge on any atom is 0.327 e. The third-order valence-corrected chi connectivity index (χ3v) is 2.97. The van der Waals surface area contributed by atoms with E-state index >= 15 is 0 Å². The van der Waals surface area contributed by atoms with Crippen LogP contribution in [0.15, 0.2) is 0 Å². The molecule has 0 amide bonds. The fraction of sp³-hybridized carbons (Fsp3) is 0.846. The summed E-state index contributed by atoms with van der Waals surface area (Å²) in [4.78, 5) is 21.5. The topological polar surface area (TPSA) is 66.8 Å². The summed E-state index contributed by atoms with van der Waals surface area (Å²) in [7, 11) is 0. The second kappa shape index (κ2) is 6.29. The molecule has 1 aliphatic rings. The van der Waals surface area contributed by atoms with Gasteiger partial charge in [0.25, 0.3) is 0 Å². The smallest absolute Gasteiger partial charge is 0.327 e. The van der Waals surface area contributed by atoms with Crippen LogP contribution in [0.4, 0.5) is 0 Å². The Balaban J connectivity index is 0.00000137. The zero-order valence-corrected chi connectivity index (χ0v) is 12.0. The molecule has 5 heteroatoms. The SMILES string of the molecule is C=O.CC(C)(C)CCN1[C@@H](CO)C(=O)OC1(C)C. The van der Waals surface area contributed by atoms with Gasteiger partial charge in [0.05, 0.1) is 6.61 Å². The molecule has 0 aromatic carbocycles. The third kappa shape index (κ3) is 4.38. The molecule has 0 radical (unpaired) electrons. The average Bonchev–Trinajstić information content (AvgIpc) is 2.46. The average molecular weight is 259 g/mol. The Hall–Kier alpha value is -0.940. The third-order valence-electron chi connectivity index (χ3n) is 2.97. The normalized spacial score (nSPS) is 23.2. The van der Waals surface area contributed by atoms with Crippen molar-refractivity contribution in [3.05, 3.63) is 0 Å². The molecule has 1 saturated heterocycles. The molecule has 0 bridgehead atoms. The lowest BCUT2D eigenvalue weighted by atomic mass is 9.91. The highest BCUT2D eigenvalue weighted by Gasteiger charge is 2.47. The van der Waals surface area contributed by atoms with E-state index in [4.69, 9.17) is 9.53 Å². The number of rotatable bonds is 3. The van der Waals surface area contributed by atoms with E-state index in [0.717, 1.165) is 13.0 Å². The zero-order valence-electron chi connectivity index (χ0n) is 12.0.